The summed E-state index contributed by atoms with van der Waals surface area (Å²) in [6, 6.07) is 28.1. The average Bonchev–Trinajstić information content (AvgIpc) is 3.32. The van der Waals surface area contributed by atoms with Crippen LogP contribution in [0.1, 0.15) is 11.1 Å². The molecular formula is C29H23N5O2S2. The summed E-state index contributed by atoms with van der Waals surface area (Å²) in [5.41, 5.74) is 6.01. The van der Waals surface area contributed by atoms with Crippen molar-refractivity contribution in [3.05, 3.63) is 102 Å². The van der Waals surface area contributed by atoms with Crippen LogP contribution in [0.5, 0.6) is 0 Å². The van der Waals surface area contributed by atoms with E-state index in [1.54, 1.807) is 35.6 Å². The highest BCUT2D eigenvalue weighted by atomic mass is 32.2. The van der Waals surface area contributed by atoms with E-state index in [1.165, 1.54) is 5.56 Å². The summed E-state index contributed by atoms with van der Waals surface area (Å²) in [5.74, 6) is 0.430. The van der Waals surface area contributed by atoms with Crippen molar-refractivity contribution in [3.8, 4) is 10.6 Å². The Balaban J connectivity index is 1.33. The van der Waals surface area contributed by atoms with E-state index in [-0.39, 0.29) is 10.7 Å². The first-order valence-corrected chi connectivity index (χ1v) is 14.2. The molecule has 0 saturated heterocycles. The van der Waals surface area contributed by atoms with Crippen LogP contribution in [0.3, 0.4) is 0 Å². The Hall–Kier alpha value is -4.34. The summed E-state index contributed by atoms with van der Waals surface area (Å²) < 4.78 is 30.1. The predicted molar refractivity (Wildman–Crippen MR) is 155 cm³/mol. The number of benzene rings is 4. The molecule has 0 atom stereocenters. The van der Waals surface area contributed by atoms with Crippen LogP contribution in [0.15, 0.2) is 95.9 Å². The molecule has 6 aromatic rings. The fraction of sp³-hybridized carbons (Fsp3) is 0.0690. The maximum atomic E-state index is 13.2. The molecule has 0 spiro atoms. The van der Waals surface area contributed by atoms with Crippen molar-refractivity contribution in [1.29, 1.82) is 0 Å². The van der Waals surface area contributed by atoms with E-state index in [0.717, 1.165) is 32.0 Å². The van der Waals surface area contributed by atoms with Crippen LogP contribution < -0.4 is 10.0 Å². The first kappa shape index (κ1) is 24.0. The zero-order chi connectivity index (χ0) is 26.3. The van der Waals surface area contributed by atoms with Crippen LogP contribution in [0, 0.1) is 13.8 Å². The van der Waals surface area contributed by atoms with Crippen molar-refractivity contribution in [2.75, 3.05) is 10.0 Å². The Morgan fingerprint density at radius 1 is 0.684 bits per heavy atom. The topological polar surface area (TPSA) is 96.9 Å². The van der Waals surface area contributed by atoms with Gasteiger partial charge in [-0.05, 0) is 85.6 Å². The number of thiazole rings is 1. The molecule has 0 aliphatic heterocycles. The third-order valence-electron chi connectivity index (χ3n) is 6.04. The van der Waals surface area contributed by atoms with Gasteiger partial charge in [0.25, 0.3) is 10.0 Å². The summed E-state index contributed by atoms with van der Waals surface area (Å²) in [5, 5.41) is 4.18. The van der Waals surface area contributed by atoms with Gasteiger partial charge in [-0.1, -0.05) is 30.3 Å². The lowest BCUT2D eigenvalue weighted by Crippen LogP contribution is -2.16. The highest BCUT2D eigenvalue weighted by Crippen LogP contribution is 2.32. The Morgan fingerprint density at radius 3 is 2.13 bits per heavy atom. The highest BCUT2D eigenvalue weighted by Gasteiger charge is 2.19. The van der Waals surface area contributed by atoms with Gasteiger partial charge in [-0.15, -0.1) is 11.3 Å². The van der Waals surface area contributed by atoms with Crippen LogP contribution in [-0.2, 0) is 10.0 Å². The molecule has 6 rings (SSSR count). The van der Waals surface area contributed by atoms with Gasteiger partial charge in [-0.3, -0.25) is 4.72 Å². The maximum absolute atomic E-state index is 13.2. The minimum atomic E-state index is -3.88. The number of nitrogens with zero attached hydrogens (tertiary/aromatic N) is 3. The van der Waals surface area contributed by atoms with Crippen LogP contribution in [0.4, 0.5) is 17.3 Å². The number of nitrogens with one attached hydrogen (secondary N) is 2. The van der Waals surface area contributed by atoms with E-state index < -0.39 is 10.0 Å². The van der Waals surface area contributed by atoms with Crippen LogP contribution in [0.25, 0.3) is 31.8 Å². The summed E-state index contributed by atoms with van der Waals surface area (Å²) in [7, 11) is -3.88. The molecule has 0 fully saturated rings. The number of sulfonamides is 1. The number of para-hydroxylation sites is 2. The predicted octanol–water partition coefficient (Wildman–Crippen LogP) is 7.07. The number of hydrogen-bond donors (Lipinski definition) is 2. The van der Waals surface area contributed by atoms with Gasteiger partial charge in [0.1, 0.15) is 5.01 Å². The molecule has 188 valence electrons. The molecule has 7 nitrogen and oxygen atoms in total. The largest absolute Gasteiger partial charge is 0.337 e. The lowest BCUT2D eigenvalue weighted by molar-refractivity contribution is 0.601. The maximum Gasteiger partial charge on any atom is 0.263 e. The minimum absolute atomic E-state index is 0.121. The number of fused-ring (bicyclic) bond motifs is 2. The zero-order valence-corrected chi connectivity index (χ0v) is 22.3. The molecule has 0 aliphatic rings. The van der Waals surface area contributed by atoms with Crippen LogP contribution in [0.2, 0.25) is 0 Å². The number of anilines is 3. The smallest absolute Gasteiger partial charge is 0.263 e. The molecule has 0 unspecified atom stereocenters. The zero-order valence-electron chi connectivity index (χ0n) is 20.6. The molecule has 0 bridgehead atoms. The summed E-state index contributed by atoms with van der Waals surface area (Å²) >= 11 is 1.65. The van der Waals surface area contributed by atoms with Gasteiger partial charge < -0.3 is 5.32 Å². The second kappa shape index (κ2) is 9.51. The van der Waals surface area contributed by atoms with Gasteiger partial charge in [-0.25, -0.2) is 23.4 Å². The van der Waals surface area contributed by atoms with E-state index in [2.05, 4.69) is 39.1 Å². The van der Waals surface area contributed by atoms with Gasteiger partial charge in [0, 0.05) is 11.3 Å². The van der Waals surface area contributed by atoms with E-state index in [0.29, 0.717) is 16.9 Å². The normalized spacial score (nSPS) is 11.6. The number of hydrogen-bond acceptors (Lipinski definition) is 7. The van der Waals surface area contributed by atoms with Crippen LogP contribution >= 0.6 is 11.3 Å². The third kappa shape index (κ3) is 4.81. The van der Waals surface area contributed by atoms with Crippen molar-refractivity contribution in [3.63, 3.8) is 0 Å². The summed E-state index contributed by atoms with van der Waals surface area (Å²) in [6.07, 6.45) is 0. The van der Waals surface area contributed by atoms with Gasteiger partial charge in [0.2, 0.25) is 0 Å². The number of aromatic nitrogens is 3. The van der Waals surface area contributed by atoms with E-state index >= 15 is 0 Å². The fourth-order valence-electron chi connectivity index (χ4n) is 4.12. The van der Waals surface area contributed by atoms with Crippen molar-refractivity contribution < 1.29 is 8.42 Å². The highest BCUT2D eigenvalue weighted by molar-refractivity contribution is 7.92. The Morgan fingerprint density at radius 2 is 1.39 bits per heavy atom. The van der Waals surface area contributed by atoms with Crippen molar-refractivity contribution in [2.45, 2.75) is 18.7 Å². The molecular weight excluding hydrogens is 514 g/mol. The Labute approximate surface area is 224 Å². The molecule has 2 N–H and O–H groups in total. The SMILES string of the molecule is Cc1cccc(S(=O)(=O)Nc2nc3ccccc3nc2Nc2ccc(-c3nc4ccc(C)cc4s3)cc2)c1. The van der Waals surface area contributed by atoms with Gasteiger partial charge in [0.05, 0.1) is 26.1 Å². The van der Waals surface area contributed by atoms with Gasteiger partial charge >= 0.3 is 0 Å². The minimum Gasteiger partial charge on any atom is -0.337 e. The molecule has 4 aromatic carbocycles. The quantitative estimate of drug-likeness (QED) is 0.236. The Bertz CT molecular complexity index is 1920. The Kier molecular flexibility index (Phi) is 6.01. The molecule has 0 aliphatic carbocycles. The lowest BCUT2D eigenvalue weighted by Gasteiger charge is -2.14. The molecule has 0 saturated carbocycles. The monoisotopic (exact) mass is 537 g/mol. The first-order valence-electron chi connectivity index (χ1n) is 11.9. The number of rotatable bonds is 6. The second-order valence-electron chi connectivity index (χ2n) is 9.02. The average molecular weight is 538 g/mol. The summed E-state index contributed by atoms with van der Waals surface area (Å²) in [6.45, 7) is 3.92. The molecule has 2 aromatic heterocycles. The second-order valence-corrected chi connectivity index (χ2v) is 11.7. The summed E-state index contributed by atoms with van der Waals surface area (Å²) in [4.78, 5) is 14.2. The van der Waals surface area contributed by atoms with Crippen molar-refractivity contribution in [1.82, 2.24) is 15.0 Å². The van der Waals surface area contributed by atoms with Gasteiger partial charge in [-0.2, -0.15) is 0 Å². The molecule has 2 heterocycles. The third-order valence-corrected chi connectivity index (χ3v) is 8.44. The van der Waals surface area contributed by atoms with Crippen LogP contribution in [-0.4, -0.2) is 23.4 Å². The molecule has 38 heavy (non-hydrogen) atoms. The standard InChI is InChI=1S/C29H23N5O2S2/c1-18-6-5-7-22(16-18)38(35,36)34-28-27(31-23-8-3-4-9-24(23)32-28)30-21-13-11-20(12-14-21)29-33-25-15-10-19(2)17-26(25)37-29/h3-17H,1-2H3,(H,30,31)(H,32,34). The van der Waals surface area contributed by atoms with Crippen molar-refractivity contribution >= 4 is 59.9 Å². The first-order chi connectivity index (χ1) is 18.3. The lowest BCUT2D eigenvalue weighted by atomic mass is 10.2. The van der Waals surface area contributed by atoms with E-state index in [1.807, 2.05) is 61.5 Å². The molecule has 0 radical (unpaired) electrons. The van der Waals surface area contributed by atoms with E-state index in [9.17, 15) is 8.42 Å². The van der Waals surface area contributed by atoms with Crippen molar-refractivity contribution in [2.24, 2.45) is 0 Å². The number of aryl methyl sites for hydroxylation is 2. The molecule has 0 amide bonds. The molecule has 9 heteroatoms. The van der Waals surface area contributed by atoms with Gasteiger partial charge in [0.15, 0.2) is 11.6 Å². The van der Waals surface area contributed by atoms with E-state index in [4.69, 9.17) is 4.98 Å². The fourth-order valence-corrected chi connectivity index (χ4v) is 6.30.